The van der Waals surface area contributed by atoms with Crippen LogP contribution in [0.1, 0.15) is 39.5 Å². The fourth-order valence-corrected chi connectivity index (χ4v) is 14.6. The number of aromatic nitrogens is 7. The molecule has 5 aliphatic rings. The van der Waals surface area contributed by atoms with Crippen LogP contribution in [-0.4, -0.2) is 79.4 Å². The highest BCUT2D eigenvalue weighted by Crippen LogP contribution is 2.40. The van der Waals surface area contributed by atoms with Crippen molar-refractivity contribution in [1.82, 2.24) is 9.97 Å². The topological polar surface area (TPSA) is 101 Å². The second kappa shape index (κ2) is 28.7. The average Bonchev–Trinajstić information content (AvgIpc) is 1.69. The molecule has 0 bridgehead atoms. The van der Waals surface area contributed by atoms with E-state index in [1.54, 1.807) is 0 Å². The fourth-order valence-electron chi connectivity index (χ4n) is 14.6. The van der Waals surface area contributed by atoms with E-state index in [4.69, 9.17) is 13.3 Å². The number of rotatable bonds is 5. The number of fused-ring (bicyclic) bond motifs is 11. The van der Waals surface area contributed by atoms with Crippen molar-refractivity contribution in [1.29, 1.82) is 0 Å². The number of para-hydroxylation sites is 3. The van der Waals surface area contributed by atoms with Crippen molar-refractivity contribution in [3.05, 3.63) is 289 Å². The van der Waals surface area contributed by atoms with Gasteiger partial charge in [0.25, 0.3) is 0 Å². The smallest absolute Gasteiger partial charge is 0.397 e. The molecule has 0 amide bonds. The zero-order chi connectivity index (χ0) is 70.0. The molecular weight excluding hydrogens is 1240 g/mol. The van der Waals surface area contributed by atoms with E-state index in [0.29, 0.717) is 0 Å². The summed E-state index contributed by atoms with van der Waals surface area (Å²) in [6.45, 7) is 5.37. The molecule has 15 heterocycles. The number of hydrogen-bond acceptors (Lipinski definition) is 10. The lowest BCUT2D eigenvalue weighted by molar-refractivity contribution is -0.654. The first-order chi connectivity index (χ1) is 49.1. The number of furan rings is 3. The monoisotopic (exact) mass is 1330 g/mol. The van der Waals surface area contributed by atoms with Crippen molar-refractivity contribution in [2.75, 3.05) is 59.3 Å². The number of anilines is 5. The van der Waals surface area contributed by atoms with E-state index in [0.717, 1.165) is 39.8 Å². The summed E-state index contributed by atoms with van der Waals surface area (Å²) >= 11 is 0. The Labute approximate surface area is 594 Å². The van der Waals surface area contributed by atoms with Crippen molar-refractivity contribution >= 4 is 154 Å². The Morgan fingerprint density at radius 1 is 0.347 bits per heavy atom. The molecule has 0 fully saturated rings. The Morgan fingerprint density at radius 3 is 1.25 bits per heavy atom. The fraction of sp³-hybridized carbons (Fsp3) is 0.148. The van der Waals surface area contributed by atoms with Crippen LogP contribution < -0.4 is 74.9 Å². The molecule has 5 aliphatic heterocycles. The molecule has 0 saturated carbocycles. The Morgan fingerprint density at radius 2 is 0.762 bits per heavy atom. The largest absolute Gasteiger partial charge is 0.455 e. The summed E-state index contributed by atoms with van der Waals surface area (Å²) in [7, 11) is 21.0. The lowest BCUT2D eigenvalue weighted by Gasteiger charge is -2.27. The Hall–Kier alpha value is -11.6. The van der Waals surface area contributed by atoms with Gasteiger partial charge in [0, 0.05) is 76.2 Å². The second-order valence-corrected chi connectivity index (χ2v) is 26.5. The van der Waals surface area contributed by atoms with E-state index in [9.17, 15) is 0 Å². The van der Waals surface area contributed by atoms with E-state index in [2.05, 4.69) is 342 Å². The lowest BCUT2D eigenvalue weighted by atomic mass is 9.55. The molecule has 0 atom stereocenters. The molecule has 0 unspecified atom stereocenters. The van der Waals surface area contributed by atoms with E-state index >= 15 is 0 Å². The minimum atomic E-state index is 0.207. The number of pyridine rings is 7. The van der Waals surface area contributed by atoms with Gasteiger partial charge < -0.3 is 37.3 Å². The van der Waals surface area contributed by atoms with E-state index in [1.165, 1.54) is 89.1 Å². The first-order valence-electron chi connectivity index (χ1n) is 34.3. The Balaban J connectivity index is 0.000000108. The van der Waals surface area contributed by atoms with Crippen molar-refractivity contribution in [2.45, 2.75) is 13.8 Å². The molecule has 0 radical (unpaired) electrons. The maximum absolute atomic E-state index is 5.96. The summed E-state index contributed by atoms with van der Waals surface area (Å²) in [6.07, 6.45) is 26.7. The van der Waals surface area contributed by atoms with Crippen LogP contribution in [-0.2, 0) is 35.2 Å². The van der Waals surface area contributed by atoms with Gasteiger partial charge in [0.1, 0.15) is 75.1 Å². The van der Waals surface area contributed by atoms with Crippen LogP contribution in [0.25, 0.3) is 63.3 Å². The molecule has 13 aromatic rings. The van der Waals surface area contributed by atoms with Crippen LogP contribution >= 0.6 is 0 Å². The maximum atomic E-state index is 5.96. The molecule has 10 aromatic heterocycles. The third-order valence-corrected chi connectivity index (χ3v) is 20.0. The summed E-state index contributed by atoms with van der Waals surface area (Å²) in [5, 5.41) is 3.51. The predicted molar refractivity (Wildman–Crippen MR) is 419 cm³/mol. The first kappa shape index (κ1) is 66.6. The number of hydrogen-bond donors (Lipinski definition) is 0. The summed E-state index contributed by atoms with van der Waals surface area (Å²) in [5.41, 5.74) is 18.8. The predicted octanol–water partition coefficient (Wildman–Crippen LogP) is 8.71. The molecule has 0 saturated heterocycles. The van der Waals surface area contributed by atoms with Gasteiger partial charge in [-0.1, -0.05) is 96.6 Å². The summed E-state index contributed by atoms with van der Waals surface area (Å²) in [6, 6.07) is 58.4. The second-order valence-electron chi connectivity index (χ2n) is 26.5. The van der Waals surface area contributed by atoms with Crippen LogP contribution in [0, 0.1) is 13.8 Å². The molecule has 494 valence electrons. The van der Waals surface area contributed by atoms with Crippen LogP contribution in [0.4, 0.5) is 28.6 Å². The standard InChI is InChI=1S/2C18H18BN2O.C17H16BN2O.2C14H15BN3/c1-13-9-11-20(2)17(12-13)19-10-8-16-18(21(19)3)14-6-4-5-7-15(14)22-16;1-13-8-9-17(20(2)12-13)19-11-10-16-18(21(19)3)14-6-4-5-7-15(14)22-16;1-19-12-6-5-9-16(19)18-11-10-15-17(20(18)2)13-7-3-4-8-14(13)21-15;1-17-11-4-3-7-13(17)15-9-8-12-6-5-10-16-14(12)18(15)2;1-17-10-4-3-5-14(17)15-8-6-12-7-9-16-11-13(12)18(15)2/h2*4-12H,1-3H3;3-12H,1-2H3;2*3-11H,1-2H3/q5*+1. The van der Waals surface area contributed by atoms with Crippen LogP contribution in [0.5, 0.6) is 0 Å². The van der Waals surface area contributed by atoms with Gasteiger partial charge in [-0.25, -0.2) is 27.8 Å². The summed E-state index contributed by atoms with van der Waals surface area (Å²) in [5.74, 6) is 14.9. The van der Waals surface area contributed by atoms with Gasteiger partial charge in [-0.2, -0.15) is 0 Å². The van der Waals surface area contributed by atoms with Crippen molar-refractivity contribution in [3.8, 4) is 0 Å². The number of aryl methyl sites for hydroxylation is 7. The molecule has 0 aliphatic carbocycles. The van der Waals surface area contributed by atoms with Crippen LogP contribution in [0.3, 0.4) is 0 Å². The molecule has 18 rings (SSSR count). The SMILES string of the molecule is CN1B(c2cccc[n+]2C)C=Cc2cccnc21.CN1B(c2cccc[n+]2C)C=Cc2ccncc21.CN1B(c2cccc[n+]2C)C=Cc2oc3ccccc3c21.Cc1cc[n+](C)c(B2C=Cc3oc4ccccc4c3N2C)c1.Cc1ccc(B2C=Cc3oc4ccccc4c3N2C)[n+](C)c1. The molecule has 20 heteroatoms. The van der Waals surface area contributed by atoms with E-state index in [-0.39, 0.29) is 34.2 Å². The highest BCUT2D eigenvalue weighted by atomic mass is 16.3. The van der Waals surface area contributed by atoms with Crippen molar-refractivity contribution < 1.29 is 36.1 Å². The third-order valence-electron chi connectivity index (χ3n) is 20.0. The third kappa shape index (κ3) is 13.2. The minimum Gasteiger partial charge on any atom is -0.455 e. The first-order valence-corrected chi connectivity index (χ1v) is 34.3. The minimum absolute atomic E-state index is 0.207. The van der Waals surface area contributed by atoms with Gasteiger partial charge >= 0.3 is 34.2 Å². The van der Waals surface area contributed by atoms with Crippen molar-refractivity contribution in [2.24, 2.45) is 35.2 Å². The molecule has 0 spiro atoms. The Kier molecular flexibility index (Phi) is 18.9. The van der Waals surface area contributed by atoms with Gasteiger partial charge in [0.2, 0.25) is 0 Å². The van der Waals surface area contributed by atoms with Crippen molar-refractivity contribution in [3.63, 3.8) is 0 Å². The van der Waals surface area contributed by atoms with Crippen LogP contribution in [0.15, 0.2) is 263 Å². The van der Waals surface area contributed by atoms with Gasteiger partial charge in [0.05, 0.1) is 22.7 Å². The molecule has 3 aromatic carbocycles. The lowest BCUT2D eigenvalue weighted by Crippen LogP contribution is -2.60. The average molecular weight is 1330 g/mol. The van der Waals surface area contributed by atoms with Gasteiger partial charge in [-0.05, 0) is 163 Å². The summed E-state index contributed by atoms with van der Waals surface area (Å²) in [4.78, 5) is 20.0. The van der Waals surface area contributed by atoms with Gasteiger partial charge in [0.15, 0.2) is 59.0 Å². The quantitative estimate of drug-likeness (QED) is 0.123. The zero-order valence-corrected chi connectivity index (χ0v) is 59.5. The van der Waals surface area contributed by atoms with E-state index < -0.39 is 0 Å². The normalized spacial score (nSPS) is 13.7. The maximum Gasteiger partial charge on any atom is 0.397 e. The number of nitrogens with zero attached hydrogens (tertiary/aromatic N) is 12. The Bertz CT molecular complexity index is 5280. The summed E-state index contributed by atoms with van der Waals surface area (Å²) < 4.78 is 28.7. The van der Waals surface area contributed by atoms with Crippen LogP contribution in [0.2, 0.25) is 0 Å². The molecule has 101 heavy (non-hydrogen) atoms. The highest BCUT2D eigenvalue weighted by molar-refractivity contribution is 6.83. The van der Waals surface area contributed by atoms with Gasteiger partial charge in [-0.3, -0.25) is 4.98 Å². The van der Waals surface area contributed by atoms with Gasteiger partial charge in [-0.15, -0.1) is 0 Å². The molecule has 15 nitrogen and oxygen atoms in total. The zero-order valence-electron chi connectivity index (χ0n) is 59.5. The highest BCUT2D eigenvalue weighted by Gasteiger charge is 2.39. The van der Waals surface area contributed by atoms with E-state index in [1.807, 2.05) is 79.3 Å². The molecule has 0 N–H and O–H groups in total. The number of benzene rings is 3. The molecular formula is C81H82B5N12O3+5.